The molecule has 1 aromatic heterocycles. The second kappa shape index (κ2) is 6.91. The van der Waals surface area contributed by atoms with E-state index in [0.29, 0.717) is 16.4 Å². The fourth-order valence-electron chi connectivity index (χ4n) is 1.70. The van der Waals surface area contributed by atoms with Gasteiger partial charge in [0.25, 0.3) is 5.91 Å². The molecule has 1 amide bonds. The second-order valence-corrected chi connectivity index (χ2v) is 4.76. The molecule has 0 spiro atoms. The molecular weight excluding hydrogens is 274 g/mol. The predicted molar refractivity (Wildman–Crippen MR) is 82.4 cm³/mol. The zero-order chi connectivity index (χ0) is 14.4. The molecule has 20 heavy (non-hydrogen) atoms. The molecule has 2 rings (SSSR count). The minimum Gasteiger partial charge on any atom is -0.385 e. The third kappa shape index (κ3) is 3.96. The highest BCUT2D eigenvalue weighted by Crippen LogP contribution is 2.16. The molecule has 0 unspecified atom stereocenters. The number of hydrogen-bond acceptors (Lipinski definition) is 3. The van der Waals surface area contributed by atoms with Crippen LogP contribution in [0.4, 0.5) is 11.4 Å². The first-order valence-corrected chi connectivity index (χ1v) is 6.83. The summed E-state index contributed by atoms with van der Waals surface area (Å²) in [5, 5.41) is 6.57. The number of hydrogen-bond donors (Lipinski definition) is 2. The summed E-state index contributed by atoms with van der Waals surface area (Å²) in [5.74, 6) is -0.257. The molecule has 0 aliphatic heterocycles. The summed E-state index contributed by atoms with van der Waals surface area (Å²) in [5.41, 5.74) is 1.90. The van der Waals surface area contributed by atoms with Crippen molar-refractivity contribution in [3.63, 3.8) is 0 Å². The zero-order valence-corrected chi connectivity index (χ0v) is 11.9. The van der Waals surface area contributed by atoms with Gasteiger partial charge in [-0.15, -0.1) is 0 Å². The normalized spacial score (nSPS) is 10.1. The minimum atomic E-state index is -0.257. The van der Waals surface area contributed by atoms with Gasteiger partial charge in [-0.1, -0.05) is 24.6 Å². The average Bonchev–Trinajstić information content (AvgIpc) is 2.45. The van der Waals surface area contributed by atoms with E-state index in [1.54, 1.807) is 36.5 Å². The molecular formula is C15H16ClN3O. The fraction of sp³-hybridized carbons (Fsp3) is 0.200. The number of rotatable bonds is 5. The Kier molecular flexibility index (Phi) is 4.96. The van der Waals surface area contributed by atoms with E-state index < -0.39 is 0 Å². The lowest BCUT2D eigenvalue weighted by Gasteiger charge is -2.08. The molecule has 0 aliphatic carbocycles. The number of nitrogens with one attached hydrogen (secondary N) is 2. The van der Waals surface area contributed by atoms with Gasteiger partial charge in [-0.25, -0.2) is 0 Å². The first kappa shape index (κ1) is 14.3. The Hall–Kier alpha value is -2.07. The highest BCUT2D eigenvalue weighted by molar-refractivity contribution is 6.30. The van der Waals surface area contributed by atoms with Crippen molar-refractivity contribution in [2.75, 3.05) is 17.2 Å². The van der Waals surface area contributed by atoms with Gasteiger partial charge in [0.2, 0.25) is 0 Å². The van der Waals surface area contributed by atoms with Crippen LogP contribution in [0.2, 0.25) is 5.02 Å². The van der Waals surface area contributed by atoms with E-state index >= 15 is 0 Å². The predicted octanol–water partition coefficient (Wildman–Crippen LogP) is 3.81. The van der Waals surface area contributed by atoms with Gasteiger partial charge in [0.15, 0.2) is 0 Å². The molecule has 1 heterocycles. The van der Waals surface area contributed by atoms with Gasteiger partial charge in [0, 0.05) is 29.1 Å². The summed E-state index contributed by atoms with van der Waals surface area (Å²) in [6, 6.07) is 10.6. The number of pyridine rings is 1. The van der Waals surface area contributed by atoms with Crippen LogP contribution in [0.15, 0.2) is 42.6 Å². The van der Waals surface area contributed by atoms with Crippen molar-refractivity contribution in [1.82, 2.24) is 4.98 Å². The van der Waals surface area contributed by atoms with Crippen molar-refractivity contribution in [2.24, 2.45) is 0 Å². The summed E-state index contributed by atoms with van der Waals surface area (Å²) in [7, 11) is 0. The van der Waals surface area contributed by atoms with Gasteiger partial charge < -0.3 is 10.6 Å². The molecule has 0 saturated heterocycles. The number of carbonyl (C=O) groups excluding carboxylic acids is 1. The molecule has 0 fully saturated rings. The molecule has 0 saturated carbocycles. The molecule has 104 valence electrons. The van der Waals surface area contributed by atoms with Crippen LogP contribution in [-0.2, 0) is 0 Å². The standard InChI is InChI=1S/C15H16ClN3O/c1-2-7-17-12-6-8-18-14(10-12)15(20)19-13-5-3-4-11(16)9-13/h3-6,8-10H,2,7H2,1H3,(H,17,18)(H,19,20). The Morgan fingerprint density at radius 3 is 2.85 bits per heavy atom. The van der Waals surface area contributed by atoms with E-state index in [9.17, 15) is 4.79 Å². The van der Waals surface area contributed by atoms with E-state index in [1.165, 1.54) is 0 Å². The van der Waals surface area contributed by atoms with Gasteiger partial charge >= 0.3 is 0 Å². The zero-order valence-electron chi connectivity index (χ0n) is 11.2. The van der Waals surface area contributed by atoms with Gasteiger partial charge in [-0.05, 0) is 36.8 Å². The maximum absolute atomic E-state index is 12.1. The molecule has 5 heteroatoms. The largest absolute Gasteiger partial charge is 0.385 e. The summed E-state index contributed by atoms with van der Waals surface area (Å²) >= 11 is 5.88. The van der Waals surface area contributed by atoms with Crippen LogP contribution in [0.25, 0.3) is 0 Å². The third-order valence-electron chi connectivity index (χ3n) is 2.65. The van der Waals surface area contributed by atoms with Crippen molar-refractivity contribution in [3.8, 4) is 0 Å². The number of anilines is 2. The number of halogens is 1. The van der Waals surface area contributed by atoms with Gasteiger partial charge in [-0.3, -0.25) is 9.78 Å². The Balaban J connectivity index is 2.09. The van der Waals surface area contributed by atoms with E-state index in [2.05, 4.69) is 22.5 Å². The van der Waals surface area contributed by atoms with E-state index in [1.807, 2.05) is 6.07 Å². The van der Waals surface area contributed by atoms with Crippen molar-refractivity contribution < 1.29 is 4.79 Å². The lowest BCUT2D eigenvalue weighted by Crippen LogP contribution is -2.14. The molecule has 4 nitrogen and oxygen atoms in total. The summed E-state index contributed by atoms with van der Waals surface area (Å²) in [4.78, 5) is 16.2. The summed E-state index contributed by atoms with van der Waals surface area (Å²) in [6.45, 7) is 2.94. The van der Waals surface area contributed by atoms with Gasteiger partial charge in [0.1, 0.15) is 5.69 Å². The molecule has 1 aromatic carbocycles. The third-order valence-corrected chi connectivity index (χ3v) is 2.89. The lowest BCUT2D eigenvalue weighted by molar-refractivity contribution is 0.102. The maximum Gasteiger partial charge on any atom is 0.274 e. The fourth-order valence-corrected chi connectivity index (χ4v) is 1.89. The van der Waals surface area contributed by atoms with Crippen molar-refractivity contribution in [3.05, 3.63) is 53.3 Å². The number of nitrogens with zero attached hydrogens (tertiary/aromatic N) is 1. The Morgan fingerprint density at radius 2 is 2.10 bits per heavy atom. The number of benzene rings is 1. The number of aromatic nitrogens is 1. The van der Waals surface area contributed by atoms with Crippen LogP contribution in [0.1, 0.15) is 23.8 Å². The molecule has 2 N–H and O–H groups in total. The van der Waals surface area contributed by atoms with Crippen LogP contribution < -0.4 is 10.6 Å². The SMILES string of the molecule is CCCNc1ccnc(C(=O)Nc2cccc(Cl)c2)c1. The summed E-state index contributed by atoms with van der Waals surface area (Å²) < 4.78 is 0. The number of amides is 1. The summed E-state index contributed by atoms with van der Waals surface area (Å²) in [6.07, 6.45) is 2.64. The monoisotopic (exact) mass is 289 g/mol. The van der Waals surface area contributed by atoms with E-state index in [0.717, 1.165) is 18.7 Å². The smallest absolute Gasteiger partial charge is 0.274 e. The quantitative estimate of drug-likeness (QED) is 0.880. The highest BCUT2D eigenvalue weighted by Gasteiger charge is 2.08. The molecule has 2 aromatic rings. The average molecular weight is 290 g/mol. The maximum atomic E-state index is 12.1. The molecule has 0 atom stereocenters. The van der Waals surface area contributed by atoms with Crippen LogP contribution in [0.3, 0.4) is 0 Å². The van der Waals surface area contributed by atoms with Gasteiger partial charge in [-0.2, -0.15) is 0 Å². The Bertz CT molecular complexity index is 601. The Morgan fingerprint density at radius 1 is 1.25 bits per heavy atom. The lowest BCUT2D eigenvalue weighted by atomic mass is 10.2. The van der Waals surface area contributed by atoms with E-state index in [4.69, 9.17) is 11.6 Å². The molecule has 0 radical (unpaired) electrons. The molecule has 0 aliphatic rings. The number of carbonyl (C=O) groups is 1. The van der Waals surface area contributed by atoms with Crippen molar-refractivity contribution >= 4 is 28.9 Å². The minimum absolute atomic E-state index is 0.257. The van der Waals surface area contributed by atoms with Crippen LogP contribution >= 0.6 is 11.6 Å². The second-order valence-electron chi connectivity index (χ2n) is 4.32. The first-order valence-electron chi connectivity index (χ1n) is 6.46. The topological polar surface area (TPSA) is 54.0 Å². The van der Waals surface area contributed by atoms with Crippen molar-refractivity contribution in [1.29, 1.82) is 0 Å². The highest BCUT2D eigenvalue weighted by atomic mass is 35.5. The first-order chi connectivity index (χ1) is 9.69. The molecule has 0 bridgehead atoms. The van der Waals surface area contributed by atoms with Crippen LogP contribution in [-0.4, -0.2) is 17.4 Å². The van der Waals surface area contributed by atoms with Crippen molar-refractivity contribution in [2.45, 2.75) is 13.3 Å². The van der Waals surface area contributed by atoms with E-state index in [-0.39, 0.29) is 5.91 Å². The Labute approximate surface area is 123 Å². The van der Waals surface area contributed by atoms with Gasteiger partial charge in [0.05, 0.1) is 0 Å². The van der Waals surface area contributed by atoms with Crippen LogP contribution in [0.5, 0.6) is 0 Å². The van der Waals surface area contributed by atoms with Crippen LogP contribution in [0, 0.1) is 0 Å².